The molecule has 2 heterocycles. The van der Waals surface area contributed by atoms with E-state index in [9.17, 15) is 4.79 Å². The average molecular weight is 415 g/mol. The lowest BCUT2D eigenvalue weighted by atomic mass is 10.1. The lowest BCUT2D eigenvalue weighted by Crippen LogP contribution is -2.21. The maximum Gasteiger partial charge on any atom is 0.266 e. The van der Waals surface area contributed by atoms with Crippen LogP contribution in [-0.2, 0) is 0 Å². The Bertz CT molecular complexity index is 1220. The summed E-state index contributed by atoms with van der Waals surface area (Å²) in [5.74, 6) is 0. The summed E-state index contributed by atoms with van der Waals surface area (Å²) in [5, 5.41) is 2.24. The highest BCUT2D eigenvalue weighted by atomic mass is 35.5. The summed E-state index contributed by atoms with van der Waals surface area (Å²) in [6.07, 6.45) is 0. The maximum atomic E-state index is 13.3. The van der Waals surface area contributed by atoms with Gasteiger partial charge in [0.1, 0.15) is 0 Å². The van der Waals surface area contributed by atoms with Gasteiger partial charge in [0, 0.05) is 5.02 Å². The van der Waals surface area contributed by atoms with Crippen LogP contribution < -0.4 is 11.3 Å². The van der Waals surface area contributed by atoms with Crippen LogP contribution in [0.2, 0.25) is 5.02 Å². The number of halogens is 1. The zero-order chi connectivity index (χ0) is 19.1. The van der Waals surface area contributed by atoms with Crippen LogP contribution in [0.25, 0.3) is 16.6 Å². The molecule has 27 heavy (non-hydrogen) atoms. The Morgan fingerprint density at radius 2 is 1.85 bits per heavy atom. The fourth-order valence-corrected chi connectivity index (χ4v) is 4.87. The Morgan fingerprint density at radius 3 is 2.52 bits per heavy atom. The molecule has 0 unspecified atom stereocenters. The summed E-state index contributed by atoms with van der Waals surface area (Å²) in [7, 11) is 0. The second kappa shape index (κ2) is 6.99. The summed E-state index contributed by atoms with van der Waals surface area (Å²) in [4.78, 5) is 22.3. The molecule has 0 fully saturated rings. The largest absolute Gasteiger partial charge is 0.375 e. The SMILES string of the molecule is Cc1ccc2nc(Sc3sc(N)nc3C)n(-c3ccc(Cl)cc3)c(=O)c2c1. The Balaban J connectivity index is 1.99. The molecule has 0 aliphatic heterocycles. The molecule has 8 heteroatoms. The molecule has 0 aliphatic rings. The third kappa shape index (κ3) is 3.45. The molecule has 136 valence electrons. The monoisotopic (exact) mass is 414 g/mol. The van der Waals surface area contributed by atoms with Gasteiger partial charge in [-0.1, -0.05) is 34.6 Å². The van der Waals surface area contributed by atoms with Gasteiger partial charge in [0.15, 0.2) is 10.3 Å². The van der Waals surface area contributed by atoms with E-state index < -0.39 is 0 Å². The van der Waals surface area contributed by atoms with E-state index in [1.54, 1.807) is 16.7 Å². The molecule has 0 radical (unpaired) electrons. The minimum atomic E-state index is -0.122. The molecule has 2 aromatic heterocycles. The molecule has 0 aliphatic carbocycles. The molecule has 0 atom stereocenters. The summed E-state index contributed by atoms with van der Waals surface area (Å²) in [5.41, 5.74) is 8.90. The fraction of sp³-hybridized carbons (Fsp3) is 0.105. The molecule has 4 rings (SSSR count). The van der Waals surface area contributed by atoms with Crippen LogP contribution in [0.3, 0.4) is 0 Å². The van der Waals surface area contributed by atoms with Crippen molar-refractivity contribution in [1.82, 2.24) is 14.5 Å². The van der Waals surface area contributed by atoms with Crippen molar-refractivity contribution in [3.05, 3.63) is 69.1 Å². The first-order valence-corrected chi connectivity index (χ1v) is 10.1. The fourth-order valence-electron chi connectivity index (χ4n) is 2.75. The van der Waals surface area contributed by atoms with Crippen molar-refractivity contribution in [2.24, 2.45) is 0 Å². The van der Waals surface area contributed by atoms with Crippen LogP contribution in [-0.4, -0.2) is 14.5 Å². The standard InChI is InChI=1S/C19H15ClN4OS2/c1-10-3-8-15-14(9-10)16(25)24(13-6-4-12(20)5-7-13)19(23-15)27-17-11(2)22-18(21)26-17/h3-9H,1-2H3,(H2,21,22). The van der Waals surface area contributed by atoms with Crippen molar-refractivity contribution in [3.63, 3.8) is 0 Å². The summed E-state index contributed by atoms with van der Waals surface area (Å²) < 4.78 is 2.52. The van der Waals surface area contributed by atoms with Crippen molar-refractivity contribution in [2.75, 3.05) is 5.73 Å². The molecule has 5 nitrogen and oxygen atoms in total. The zero-order valence-corrected chi connectivity index (χ0v) is 17.0. The van der Waals surface area contributed by atoms with Crippen LogP contribution in [0.1, 0.15) is 11.3 Å². The zero-order valence-electron chi connectivity index (χ0n) is 14.6. The third-order valence-corrected chi connectivity index (χ3v) is 6.50. The van der Waals surface area contributed by atoms with Crippen LogP contribution >= 0.6 is 34.7 Å². The van der Waals surface area contributed by atoms with Gasteiger partial charge in [-0.2, -0.15) is 0 Å². The first-order valence-electron chi connectivity index (χ1n) is 8.12. The Labute approximate surface area is 168 Å². The highest BCUT2D eigenvalue weighted by Crippen LogP contribution is 2.36. The minimum absolute atomic E-state index is 0.122. The van der Waals surface area contributed by atoms with Crippen LogP contribution in [0, 0.1) is 13.8 Å². The van der Waals surface area contributed by atoms with Gasteiger partial charge in [-0.15, -0.1) is 0 Å². The topological polar surface area (TPSA) is 73.8 Å². The van der Waals surface area contributed by atoms with Gasteiger partial charge < -0.3 is 5.73 Å². The summed E-state index contributed by atoms with van der Waals surface area (Å²) >= 11 is 8.79. The van der Waals surface area contributed by atoms with E-state index in [2.05, 4.69) is 4.98 Å². The number of nitrogens with two attached hydrogens (primary N) is 1. The first-order chi connectivity index (χ1) is 12.9. The number of aryl methyl sites for hydroxylation is 2. The van der Waals surface area contributed by atoms with Gasteiger partial charge in [0.2, 0.25) is 0 Å². The predicted molar refractivity (Wildman–Crippen MR) is 112 cm³/mol. The smallest absolute Gasteiger partial charge is 0.266 e. The molecule has 0 bridgehead atoms. The van der Waals surface area contributed by atoms with Gasteiger partial charge in [-0.25, -0.2) is 9.97 Å². The van der Waals surface area contributed by atoms with E-state index in [0.717, 1.165) is 15.5 Å². The molecule has 2 N–H and O–H groups in total. The molecule has 0 amide bonds. The first kappa shape index (κ1) is 18.0. The molecule has 0 saturated carbocycles. The van der Waals surface area contributed by atoms with Gasteiger partial charge in [-0.05, 0) is 62.0 Å². The third-order valence-electron chi connectivity index (χ3n) is 4.03. The highest BCUT2D eigenvalue weighted by Gasteiger charge is 2.17. The van der Waals surface area contributed by atoms with Crippen LogP contribution in [0.4, 0.5) is 5.13 Å². The number of thiazole rings is 1. The van der Waals surface area contributed by atoms with Gasteiger partial charge in [0.05, 0.1) is 26.5 Å². The molecule has 0 spiro atoms. The van der Waals surface area contributed by atoms with Gasteiger partial charge in [-0.3, -0.25) is 9.36 Å². The molecular formula is C19H15ClN4OS2. The molecule has 4 aromatic rings. The van der Waals surface area contributed by atoms with E-state index in [1.165, 1.54) is 23.1 Å². The second-order valence-electron chi connectivity index (χ2n) is 6.06. The van der Waals surface area contributed by atoms with Crippen molar-refractivity contribution in [2.45, 2.75) is 23.2 Å². The quantitative estimate of drug-likeness (QED) is 0.485. The van der Waals surface area contributed by atoms with E-state index in [4.69, 9.17) is 22.3 Å². The number of benzene rings is 2. The normalized spacial score (nSPS) is 11.2. The van der Waals surface area contributed by atoms with Gasteiger partial charge in [0.25, 0.3) is 5.56 Å². The molecule has 0 saturated heterocycles. The van der Waals surface area contributed by atoms with E-state index in [0.29, 0.717) is 31.9 Å². The lowest BCUT2D eigenvalue weighted by molar-refractivity contribution is 0.820. The Morgan fingerprint density at radius 1 is 1.11 bits per heavy atom. The van der Waals surface area contributed by atoms with E-state index in [-0.39, 0.29) is 5.56 Å². The van der Waals surface area contributed by atoms with Crippen LogP contribution in [0.5, 0.6) is 0 Å². The Kier molecular flexibility index (Phi) is 4.67. The number of anilines is 1. The molecular weight excluding hydrogens is 400 g/mol. The number of fused-ring (bicyclic) bond motifs is 1. The van der Waals surface area contributed by atoms with Crippen molar-refractivity contribution in [3.8, 4) is 5.69 Å². The number of aromatic nitrogens is 3. The van der Waals surface area contributed by atoms with Gasteiger partial charge >= 0.3 is 0 Å². The van der Waals surface area contributed by atoms with Crippen molar-refractivity contribution in [1.29, 1.82) is 0 Å². The van der Waals surface area contributed by atoms with Crippen LogP contribution in [0.15, 0.2) is 56.6 Å². The average Bonchev–Trinajstić information content (AvgIpc) is 2.94. The summed E-state index contributed by atoms with van der Waals surface area (Å²) in [6, 6.07) is 12.8. The number of nitrogen functional groups attached to an aromatic ring is 1. The highest BCUT2D eigenvalue weighted by molar-refractivity contribution is 8.01. The minimum Gasteiger partial charge on any atom is -0.375 e. The Hall–Kier alpha value is -2.35. The number of nitrogens with zero attached hydrogens (tertiary/aromatic N) is 3. The van der Waals surface area contributed by atoms with E-state index >= 15 is 0 Å². The number of hydrogen-bond donors (Lipinski definition) is 1. The number of hydrogen-bond acceptors (Lipinski definition) is 6. The maximum absolute atomic E-state index is 13.3. The van der Waals surface area contributed by atoms with Crippen molar-refractivity contribution < 1.29 is 0 Å². The van der Waals surface area contributed by atoms with Crippen molar-refractivity contribution >= 4 is 50.7 Å². The predicted octanol–water partition coefficient (Wildman–Crippen LogP) is 4.85. The number of rotatable bonds is 3. The van der Waals surface area contributed by atoms with E-state index in [1.807, 2.05) is 44.2 Å². The summed E-state index contributed by atoms with van der Waals surface area (Å²) in [6.45, 7) is 3.85. The second-order valence-corrected chi connectivity index (χ2v) is 8.76. The lowest BCUT2D eigenvalue weighted by Gasteiger charge is -2.13. The molecule has 2 aromatic carbocycles.